The third-order valence-corrected chi connectivity index (χ3v) is 5.36. The summed E-state index contributed by atoms with van der Waals surface area (Å²) < 4.78 is 40.3. The molecule has 0 radical (unpaired) electrons. The number of hydrogen-bond donors (Lipinski definition) is 2. The minimum atomic E-state index is -3.94. The topological polar surface area (TPSA) is 72.2 Å². The van der Waals surface area contributed by atoms with E-state index in [2.05, 4.69) is 20.7 Å². The Balaban J connectivity index is 3.02. The zero-order chi connectivity index (χ0) is 14.6. The van der Waals surface area contributed by atoms with E-state index >= 15 is 0 Å². The van der Waals surface area contributed by atoms with Crippen molar-refractivity contribution in [2.24, 2.45) is 0 Å². The van der Waals surface area contributed by atoms with Gasteiger partial charge in [-0.05, 0) is 28.4 Å². The Kier molecular flexibility index (Phi) is 6.04. The molecule has 0 saturated heterocycles. The number of nitrogens with two attached hydrogens (primary N) is 1. The number of benzene rings is 1. The number of hydrogen-bond acceptors (Lipinski definition) is 3. The van der Waals surface area contributed by atoms with E-state index in [-0.39, 0.29) is 21.7 Å². The van der Waals surface area contributed by atoms with Crippen LogP contribution >= 0.6 is 27.5 Å². The van der Waals surface area contributed by atoms with Gasteiger partial charge in [0.2, 0.25) is 10.0 Å². The lowest BCUT2D eigenvalue weighted by Gasteiger charge is -2.11. The Morgan fingerprint density at radius 2 is 2.11 bits per heavy atom. The smallest absolute Gasteiger partial charge is 0.243 e. The molecule has 0 bridgehead atoms. The highest BCUT2D eigenvalue weighted by Crippen LogP contribution is 2.34. The maximum Gasteiger partial charge on any atom is 0.243 e. The lowest BCUT2D eigenvalue weighted by Crippen LogP contribution is -2.26. The Bertz CT molecular complexity index is 566. The lowest BCUT2D eigenvalue weighted by molar-refractivity contribution is 0.555. The minimum Gasteiger partial charge on any atom is -0.395 e. The van der Waals surface area contributed by atoms with Gasteiger partial charge in [0.05, 0.1) is 15.2 Å². The van der Waals surface area contributed by atoms with Crippen molar-refractivity contribution in [3.8, 4) is 0 Å². The van der Waals surface area contributed by atoms with Crippen molar-refractivity contribution in [3.05, 3.63) is 21.4 Å². The quantitative estimate of drug-likeness (QED) is 0.456. The first-order valence-corrected chi connectivity index (χ1v) is 8.39. The van der Waals surface area contributed by atoms with E-state index in [0.717, 1.165) is 18.9 Å². The summed E-state index contributed by atoms with van der Waals surface area (Å²) in [5.74, 6) is -1.00. The standard InChI is InChI=1S/C11H15BrClFN2O2S/c1-2-3-4-5-16-19(17,18)8-6-7(13)9(12)11(15)10(8)14/h6,16H,2-5,15H2,1H3. The van der Waals surface area contributed by atoms with Crippen LogP contribution in [-0.2, 0) is 10.0 Å². The molecule has 1 aromatic rings. The molecule has 108 valence electrons. The number of sulfonamides is 1. The maximum atomic E-state index is 13.9. The van der Waals surface area contributed by atoms with E-state index in [1.807, 2.05) is 6.92 Å². The normalized spacial score (nSPS) is 11.8. The summed E-state index contributed by atoms with van der Waals surface area (Å²) in [6, 6.07) is 1.04. The molecule has 0 aromatic heterocycles. The van der Waals surface area contributed by atoms with Gasteiger partial charge in [-0.25, -0.2) is 17.5 Å². The molecule has 19 heavy (non-hydrogen) atoms. The van der Waals surface area contributed by atoms with Gasteiger partial charge in [0.15, 0.2) is 5.82 Å². The van der Waals surface area contributed by atoms with Gasteiger partial charge in [0, 0.05) is 6.54 Å². The van der Waals surface area contributed by atoms with Crippen LogP contribution in [-0.4, -0.2) is 15.0 Å². The first kappa shape index (κ1) is 16.7. The highest BCUT2D eigenvalue weighted by atomic mass is 79.9. The van der Waals surface area contributed by atoms with Crippen molar-refractivity contribution in [1.29, 1.82) is 0 Å². The van der Waals surface area contributed by atoms with E-state index < -0.39 is 20.7 Å². The first-order chi connectivity index (χ1) is 8.81. The molecule has 0 fully saturated rings. The van der Waals surface area contributed by atoms with Crippen molar-refractivity contribution < 1.29 is 12.8 Å². The van der Waals surface area contributed by atoms with Crippen LogP contribution in [0.5, 0.6) is 0 Å². The Labute approximate surface area is 125 Å². The molecule has 1 aromatic carbocycles. The molecule has 3 N–H and O–H groups in total. The van der Waals surface area contributed by atoms with Crippen LogP contribution in [0.1, 0.15) is 26.2 Å². The molecule has 0 unspecified atom stereocenters. The van der Waals surface area contributed by atoms with Crippen LogP contribution in [0.15, 0.2) is 15.4 Å². The van der Waals surface area contributed by atoms with Gasteiger partial charge in [-0.15, -0.1) is 0 Å². The molecule has 0 atom stereocenters. The molecule has 0 saturated carbocycles. The molecule has 1 rings (SSSR count). The summed E-state index contributed by atoms with van der Waals surface area (Å²) in [4.78, 5) is -0.533. The molecule has 0 amide bonds. The highest BCUT2D eigenvalue weighted by Gasteiger charge is 2.23. The second kappa shape index (κ2) is 6.88. The monoisotopic (exact) mass is 372 g/mol. The molecular formula is C11H15BrClFN2O2S. The fourth-order valence-corrected chi connectivity index (χ4v) is 3.21. The summed E-state index contributed by atoms with van der Waals surface area (Å²) in [7, 11) is -3.94. The molecule has 0 aliphatic rings. The molecular weight excluding hydrogens is 359 g/mol. The van der Waals surface area contributed by atoms with Crippen LogP contribution in [0, 0.1) is 5.82 Å². The first-order valence-electron chi connectivity index (χ1n) is 5.74. The number of anilines is 1. The van der Waals surface area contributed by atoms with Gasteiger partial charge >= 0.3 is 0 Å². The van der Waals surface area contributed by atoms with Gasteiger partial charge in [0.1, 0.15) is 4.90 Å². The number of halogens is 3. The molecule has 0 heterocycles. The summed E-state index contributed by atoms with van der Waals surface area (Å²) in [6.45, 7) is 2.26. The summed E-state index contributed by atoms with van der Waals surface area (Å²) in [5.41, 5.74) is 5.14. The van der Waals surface area contributed by atoms with Crippen molar-refractivity contribution >= 4 is 43.2 Å². The third kappa shape index (κ3) is 4.05. The Morgan fingerprint density at radius 1 is 1.47 bits per heavy atom. The number of nitrogens with one attached hydrogen (secondary N) is 1. The van der Waals surface area contributed by atoms with E-state index in [1.165, 1.54) is 0 Å². The molecule has 0 aliphatic carbocycles. The summed E-state index contributed by atoms with van der Waals surface area (Å²) in [5, 5.41) is 0.0489. The predicted octanol–water partition coefficient (Wildman–Crippen LogP) is 3.29. The van der Waals surface area contributed by atoms with E-state index in [1.54, 1.807) is 0 Å². The van der Waals surface area contributed by atoms with E-state index in [9.17, 15) is 12.8 Å². The predicted molar refractivity (Wildman–Crippen MR) is 78.2 cm³/mol. The van der Waals surface area contributed by atoms with Crippen molar-refractivity contribution in [2.75, 3.05) is 12.3 Å². The van der Waals surface area contributed by atoms with Crippen LogP contribution in [0.25, 0.3) is 0 Å². The van der Waals surface area contributed by atoms with Gasteiger partial charge in [0.25, 0.3) is 0 Å². The average Bonchev–Trinajstić information content (AvgIpc) is 2.36. The van der Waals surface area contributed by atoms with Crippen LogP contribution in [0.2, 0.25) is 5.02 Å². The van der Waals surface area contributed by atoms with Crippen molar-refractivity contribution in [1.82, 2.24) is 4.72 Å². The van der Waals surface area contributed by atoms with Crippen LogP contribution in [0.4, 0.5) is 10.1 Å². The third-order valence-electron chi connectivity index (χ3n) is 2.52. The summed E-state index contributed by atoms with van der Waals surface area (Å²) in [6.07, 6.45) is 2.55. The maximum absolute atomic E-state index is 13.9. The van der Waals surface area contributed by atoms with Gasteiger partial charge in [-0.3, -0.25) is 0 Å². The fraction of sp³-hybridized carbons (Fsp3) is 0.455. The molecule has 0 aliphatic heterocycles. The lowest BCUT2D eigenvalue weighted by atomic mass is 10.3. The van der Waals surface area contributed by atoms with Crippen molar-refractivity contribution in [2.45, 2.75) is 31.1 Å². The van der Waals surface area contributed by atoms with Gasteiger partial charge < -0.3 is 5.73 Å². The summed E-state index contributed by atoms with van der Waals surface area (Å²) >= 11 is 8.79. The minimum absolute atomic E-state index is 0.0489. The highest BCUT2D eigenvalue weighted by molar-refractivity contribution is 9.10. The fourth-order valence-electron chi connectivity index (χ4n) is 1.45. The zero-order valence-electron chi connectivity index (χ0n) is 10.3. The molecule has 4 nitrogen and oxygen atoms in total. The average molecular weight is 374 g/mol. The second-order valence-corrected chi connectivity index (χ2v) is 6.94. The van der Waals surface area contributed by atoms with Crippen molar-refractivity contribution in [3.63, 3.8) is 0 Å². The number of nitrogen functional groups attached to an aromatic ring is 1. The largest absolute Gasteiger partial charge is 0.395 e. The molecule has 0 spiro atoms. The second-order valence-electron chi connectivity index (χ2n) is 4.00. The molecule has 8 heteroatoms. The van der Waals surface area contributed by atoms with E-state index in [0.29, 0.717) is 6.42 Å². The zero-order valence-corrected chi connectivity index (χ0v) is 13.5. The van der Waals surface area contributed by atoms with Crippen LogP contribution in [0.3, 0.4) is 0 Å². The SMILES string of the molecule is CCCCCNS(=O)(=O)c1cc(Cl)c(Br)c(N)c1F. The Hall–Kier alpha value is -0.370. The van der Waals surface area contributed by atoms with Crippen LogP contribution < -0.4 is 10.5 Å². The van der Waals surface area contributed by atoms with E-state index in [4.69, 9.17) is 17.3 Å². The number of rotatable bonds is 6. The van der Waals surface area contributed by atoms with Gasteiger partial charge in [-0.2, -0.15) is 0 Å². The Morgan fingerprint density at radius 3 is 2.68 bits per heavy atom. The van der Waals surface area contributed by atoms with Gasteiger partial charge in [-0.1, -0.05) is 31.4 Å². The number of unbranched alkanes of at least 4 members (excludes halogenated alkanes) is 2.